The lowest BCUT2D eigenvalue weighted by Crippen LogP contribution is -2.18. The Morgan fingerprint density at radius 1 is 0.575 bits per heavy atom. The van der Waals surface area contributed by atoms with Gasteiger partial charge in [0.15, 0.2) is 0 Å². The molecule has 40 heavy (non-hydrogen) atoms. The molecule has 0 heterocycles. The number of esters is 1. The molecule has 1 unspecified atom stereocenters. The predicted molar refractivity (Wildman–Crippen MR) is 172 cm³/mol. The maximum Gasteiger partial charge on any atom is 0.306 e. The highest BCUT2D eigenvalue weighted by Gasteiger charge is 2.14. The fourth-order valence-corrected chi connectivity index (χ4v) is 4.90. The lowest BCUT2D eigenvalue weighted by atomic mass is 10.0. The molecule has 0 bridgehead atoms. The number of carbonyl (C=O) groups is 2. The molecule has 0 radical (unpaired) electrons. The first-order chi connectivity index (χ1) is 19.6. The van der Waals surface area contributed by atoms with E-state index in [4.69, 9.17) is 9.84 Å². The average molecular weight is 561 g/mol. The van der Waals surface area contributed by atoms with Gasteiger partial charge in [-0.05, 0) is 70.6 Å². The Bertz CT molecular complexity index is 649. The molecule has 0 aliphatic heterocycles. The number of ether oxygens (including phenoxy) is 1. The van der Waals surface area contributed by atoms with Gasteiger partial charge in [0.25, 0.3) is 0 Å². The molecule has 0 saturated carbocycles. The normalized spacial score (nSPS) is 12.7. The topological polar surface area (TPSA) is 63.6 Å². The van der Waals surface area contributed by atoms with Crippen molar-refractivity contribution < 1.29 is 19.4 Å². The van der Waals surface area contributed by atoms with Gasteiger partial charge in [0.1, 0.15) is 6.10 Å². The van der Waals surface area contributed by atoms with Gasteiger partial charge in [0, 0.05) is 12.8 Å². The van der Waals surface area contributed by atoms with E-state index in [9.17, 15) is 9.59 Å². The van der Waals surface area contributed by atoms with E-state index in [-0.39, 0.29) is 18.5 Å². The molecular formula is C36H64O4. The van der Waals surface area contributed by atoms with Crippen molar-refractivity contribution in [1.29, 1.82) is 0 Å². The van der Waals surface area contributed by atoms with Gasteiger partial charge in [-0.2, -0.15) is 0 Å². The van der Waals surface area contributed by atoms with Crippen molar-refractivity contribution in [3.05, 3.63) is 36.5 Å². The van der Waals surface area contributed by atoms with Gasteiger partial charge < -0.3 is 9.84 Å². The molecule has 4 nitrogen and oxygen atoms in total. The molecular weight excluding hydrogens is 496 g/mol. The zero-order valence-electron chi connectivity index (χ0n) is 26.4. The standard InChI is InChI=1S/C36H64O4/c1-3-5-7-9-11-13-14-15-16-17-18-20-22-24-29-33-36(39)40-34(31-27-25-28-32-35(37)38)30-26-23-21-19-12-10-8-6-4-2/h5,7,11,13,15-16,34H,3-4,6,8-10,12,14,17-33H2,1-2H3,(H,37,38)/b7-5-,13-11-,16-15-. The number of rotatable bonds is 30. The van der Waals surface area contributed by atoms with Gasteiger partial charge >= 0.3 is 11.9 Å². The molecule has 0 aliphatic rings. The Morgan fingerprint density at radius 2 is 1.05 bits per heavy atom. The van der Waals surface area contributed by atoms with Crippen LogP contribution in [0.25, 0.3) is 0 Å². The summed E-state index contributed by atoms with van der Waals surface area (Å²) in [6.07, 6.45) is 40.0. The van der Waals surface area contributed by atoms with Crippen LogP contribution in [0.4, 0.5) is 0 Å². The van der Waals surface area contributed by atoms with Crippen molar-refractivity contribution in [2.24, 2.45) is 0 Å². The summed E-state index contributed by atoms with van der Waals surface area (Å²) in [4.78, 5) is 23.3. The van der Waals surface area contributed by atoms with Gasteiger partial charge in [-0.1, -0.05) is 127 Å². The fraction of sp³-hybridized carbons (Fsp3) is 0.778. The molecule has 0 aliphatic carbocycles. The first-order valence-electron chi connectivity index (χ1n) is 17.0. The Kier molecular flexibility index (Phi) is 30.2. The summed E-state index contributed by atoms with van der Waals surface area (Å²) in [6, 6.07) is 0. The highest BCUT2D eigenvalue weighted by molar-refractivity contribution is 5.69. The first kappa shape index (κ1) is 38.2. The fourth-order valence-electron chi connectivity index (χ4n) is 4.90. The second kappa shape index (κ2) is 31.7. The van der Waals surface area contributed by atoms with Crippen LogP contribution in [-0.2, 0) is 14.3 Å². The summed E-state index contributed by atoms with van der Waals surface area (Å²) in [5, 5.41) is 8.84. The van der Waals surface area contributed by atoms with Gasteiger partial charge in [-0.15, -0.1) is 0 Å². The van der Waals surface area contributed by atoms with Crippen molar-refractivity contribution in [3.8, 4) is 0 Å². The summed E-state index contributed by atoms with van der Waals surface area (Å²) in [6.45, 7) is 4.41. The average Bonchev–Trinajstić information content (AvgIpc) is 2.93. The van der Waals surface area contributed by atoms with E-state index in [1.54, 1.807) is 0 Å². The van der Waals surface area contributed by atoms with E-state index in [1.807, 2.05) is 0 Å². The molecule has 0 aromatic rings. The van der Waals surface area contributed by atoms with E-state index < -0.39 is 5.97 Å². The van der Waals surface area contributed by atoms with E-state index in [0.29, 0.717) is 12.8 Å². The maximum absolute atomic E-state index is 12.5. The number of carboxylic acids is 1. The Hall–Kier alpha value is -1.84. The lowest BCUT2D eigenvalue weighted by molar-refractivity contribution is -0.150. The third kappa shape index (κ3) is 30.7. The largest absolute Gasteiger partial charge is 0.481 e. The van der Waals surface area contributed by atoms with E-state index in [0.717, 1.165) is 70.6 Å². The molecule has 0 aromatic heterocycles. The Balaban J connectivity index is 3.99. The molecule has 4 heteroatoms. The molecule has 0 saturated heterocycles. The number of allylic oxidation sites excluding steroid dienone is 6. The van der Waals surface area contributed by atoms with Gasteiger partial charge in [-0.3, -0.25) is 9.59 Å². The van der Waals surface area contributed by atoms with E-state index >= 15 is 0 Å². The third-order valence-corrected chi connectivity index (χ3v) is 7.38. The van der Waals surface area contributed by atoms with Crippen LogP contribution in [0.15, 0.2) is 36.5 Å². The molecule has 1 N–H and O–H groups in total. The van der Waals surface area contributed by atoms with E-state index in [1.165, 1.54) is 70.6 Å². The minimum Gasteiger partial charge on any atom is -0.481 e. The quantitative estimate of drug-likeness (QED) is 0.0539. The van der Waals surface area contributed by atoms with Gasteiger partial charge in [0.2, 0.25) is 0 Å². The van der Waals surface area contributed by atoms with Crippen molar-refractivity contribution in [3.63, 3.8) is 0 Å². The van der Waals surface area contributed by atoms with Crippen molar-refractivity contribution in [2.75, 3.05) is 0 Å². The highest BCUT2D eigenvalue weighted by atomic mass is 16.5. The first-order valence-corrected chi connectivity index (χ1v) is 17.0. The SMILES string of the molecule is CC/C=C\C/C=C\C/C=C\CCCCCCCC(=O)OC(CCCCCCCCCCC)CCCCCC(=O)O. The molecule has 0 rings (SSSR count). The van der Waals surface area contributed by atoms with Crippen molar-refractivity contribution in [1.82, 2.24) is 0 Å². The van der Waals surface area contributed by atoms with Crippen LogP contribution in [0, 0.1) is 0 Å². The van der Waals surface area contributed by atoms with Crippen LogP contribution in [0.2, 0.25) is 0 Å². The van der Waals surface area contributed by atoms with Gasteiger partial charge in [-0.25, -0.2) is 0 Å². The maximum atomic E-state index is 12.5. The van der Waals surface area contributed by atoms with E-state index in [2.05, 4.69) is 50.3 Å². The van der Waals surface area contributed by atoms with Crippen molar-refractivity contribution >= 4 is 11.9 Å². The predicted octanol–water partition coefficient (Wildman–Crippen LogP) is 11.4. The molecule has 0 aromatic carbocycles. The Morgan fingerprint density at radius 3 is 1.65 bits per heavy atom. The zero-order chi connectivity index (χ0) is 29.4. The van der Waals surface area contributed by atoms with Gasteiger partial charge in [0.05, 0.1) is 0 Å². The third-order valence-electron chi connectivity index (χ3n) is 7.38. The zero-order valence-corrected chi connectivity index (χ0v) is 26.4. The molecule has 232 valence electrons. The number of aliphatic carboxylic acids is 1. The summed E-state index contributed by atoms with van der Waals surface area (Å²) < 4.78 is 5.90. The Labute approximate surface area is 248 Å². The molecule has 0 fully saturated rings. The second-order valence-corrected chi connectivity index (χ2v) is 11.3. The van der Waals surface area contributed by atoms with Crippen molar-refractivity contribution in [2.45, 2.75) is 180 Å². The minimum absolute atomic E-state index is 0.00341. The summed E-state index contributed by atoms with van der Waals surface area (Å²) >= 11 is 0. The number of hydrogen-bond acceptors (Lipinski definition) is 3. The number of carbonyl (C=O) groups excluding carboxylic acids is 1. The second-order valence-electron chi connectivity index (χ2n) is 11.3. The summed E-state index contributed by atoms with van der Waals surface area (Å²) in [7, 11) is 0. The van der Waals surface area contributed by atoms with Crippen LogP contribution in [-0.4, -0.2) is 23.1 Å². The highest BCUT2D eigenvalue weighted by Crippen LogP contribution is 2.18. The monoisotopic (exact) mass is 560 g/mol. The minimum atomic E-state index is -0.729. The van der Waals surface area contributed by atoms with Crippen LogP contribution < -0.4 is 0 Å². The van der Waals surface area contributed by atoms with Crippen LogP contribution in [0.5, 0.6) is 0 Å². The summed E-state index contributed by atoms with van der Waals surface area (Å²) in [5.74, 6) is -0.777. The lowest BCUT2D eigenvalue weighted by Gasteiger charge is -2.18. The van der Waals surface area contributed by atoms with Crippen LogP contribution in [0.3, 0.4) is 0 Å². The molecule has 0 spiro atoms. The molecule has 0 amide bonds. The summed E-state index contributed by atoms with van der Waals surface area (Å²) in [5.41, 5.74) is 0. The smallest absolute Gasteiger partial charge is 0.306 e. The van der Waals surface area contributed by atoms with Crippen LogP contribution in [0.1, 0.15) is 174 Å². The number of hydrogen-bond donors (Lipinski definition) is 1. The number of carboxylic acid groups (broad SMARTS) is 1. The number of unbranched alkanes of at least 4 members (excludes halogenated alkanes) is 15. The van der Waals surface area contributed by atoms with Crippen LogP contribution >= 0.6 is 0 Å². The molecule has 1 atom stereocenters.